The van der Waals surface area contributed by atoms with Gasteiger partial charge in [0.1, 0.15) is 0 Å². The topological polar surface area (TPSA) is 50.4 Å². The first-order valence-corrected chi connectivity index (χ1v) is 7.06. The molecule has 0 aromatic rings. The highest BCUT2D eigenvalue weighted by atomic mass is 16.5. The summed E-state index contributed by atoms with van der Waals surface area (Å²) in [4.78, 5) is 11.7. The van der Waals surface area contributed by atoms with Gasteiger partial charge in [-0.2, -0.15) is 0 Å². The van der Waals surface area contributed by atoms with Crippen LogP contribution in [-0.4, -0.2) is 37.2 Å². The van der Waals surface area contributed by atoms with Gasteiger partial charge in [-0.05, 0) is 26.7 Å². The summed E-state index contributed by atoms with van der Waals surface area (Å²) >= 11 is 0. The number of carbonyl (C=O) groups is 1. The van der Waals surface area contributed by atoms with Gasteiger partial charge in [-0.25, -0.2) is 0 Å². The van der Waals surface area contributed by atoms with E-state index in [0.29, 0.717) is 18.7 Å². The number of nitrogens with one attached hydrogen (secondary N) is 2. The van der Waals surface area contributed by atoms with Crippen LogP contribution in [0.3, 0.4) is 0 Å². The molecule has 0 saturated heterocycles. The predicted molar refractivity (Wildman–Crippen MR) is 73.5 cm³/mol. The summed E-state index contributed by atoms with van der Waals surface area (Å²) in [5.74, 6) is 0.0833. The smallest absolute Gasteiger partial charge is 0.234 e. The lowest BCUT2D eigenvalue weighted by Crippen LogP contribution is -2.62. The minimum atomic E-state index is 0.0833. The Morgan fingerprint density at radius 1 is 1.44 bits per heavy atom. The number of carbonyl (C=O) groups excluding carboxylic acids is 1. The second kappa shape index (κ2) is 6.53. The van der Waals surface area contributed by atoms with Crippen LogP contribution >= 0.6 is 0 Å². The van der Waals surface area contributed by atoms with Crippen molar-refractivity contribution in [2.24, 2.45) is 5.41 Å². The van der Waals surface area contributed by atoms with Crippen molar-refractivity contribution in [3.8, 4) is 0 Å². The minimum absolute atomic E-state index is 0.0833. The molecule has 1 fully saturated rings. The molecule has 4 nitrogen and oxygen atoms in total. The molecule has 0 heterocycles. The van der Waals surface area contributed by atoms with E-state index >= 15 is 0 Å². The van der Waals surface area contributed by atoms with Crippen LogP contribution in [-0.2, 0) is 9.53 Å². The summed E-state index contributed by atoms with van der Waals surface area (Å²) < 4.78 is 5.67. The average molecular weight is 256 g/mol. The van der Waals surface area contributed by atoms with Crippen molar-refractivity contribution in [1.29, 1.82) is 0 Å². The maximum absolute atomic E-state index is 11.7. The Kier molecular flexibility index (Phi) is 5.60. The molecule has 106 valence electrons. The van der Waals surface area contributed by atoms with E-state index in [1.54, 1.807) is 0 Å². The Bertz CT molecular complexity index is 279. The highest BCUT2D eigenvalue weighted by Crippen LogP contribution is 2.42. The van der Waals surface area contributed by atoms with Crippen molar-refractivity contribution in [3.05, 3.63) is 0 Å². The van der Waals surface area contributed by atoms with E-state index in [1.165, 1.54) is 0 Å². The molecular formula is C14H28N2O2. The SMILES string of the molecule is CCOC1CC(NCC(=O)NC(C)CC)C1(C)C. The fraction of sp³-hybridized carbons (Fsp3) is 0.929. The molecule has 1 aliphatic rings. The molecule has 4 heteroatoms. The Hall–Kier alpha value is -0.610. The van der Waals surface area contributed by atoms with Crippen LogP contribution in [0.2, 0.25) is 0 Å². The summed E-state index contributed by atoms with van der Waals surface area (Å²) in [6, 6.07) is 0.626. The second-order valence-electron chi connectivity index (χ2n) is 5.81. The molecule has 1 amide bonds. The number of ether oxygens (including phenoxy) is 1. The lowest BCUT2D eigenvalue weighted by molar-refractivity contribution is -0.126. The van der Waals surface area contributed by atoms with Crippen molar-refractivity contribution in [3.63, 3.8) is 0 Å². The third-order valence-electron chi connectivity index (χ3n) is 4.07. The number of amides is 1. The van der Waals surface area contributed by atoms with Crippen LogP contribution in [0.25, 0.3) is 0 Å². The first-order chi connectivity index (χ1) is 8.41. The third-order valence-corrected chi connectivity index (χ3v) is 4.07. The Morgan fingerprint density at radius 3 is 2.61 bits per heavy atom. The van der Waals surface area contributed by atoms with Crippen LogP contribution in [0, 0.1) is 5.41 Å². The van der Waals surface area contributed by atoms with E-state index in [1.807, 2.05) is 13.8 Å². The van der Waals surface area contributed by atoms with Crippen LogP contribution < -0.4 is 10.6 Å². The summed E-state index contributed by atoms with van der Waals surface area (Å²) in [6.45, 7) is 11.7. The monoisotopic (exact) mass is 256 g/mol. The molecule has 1 rings (SSSR count). The maximum Gasteiger partial charge on any atom is 0.234 e. The minimum Gasteiger partial charge on any atom is -0.378 e. The van der Waals surface area contributed by atoms with Gasteiger partial charge >= 0.3 is 0 Å². The predicted octanol–water partition coefficient (Wildman–Crippen LogP) is 1.69. The fourth-order valence-electron chi connectivity index (χ4n) is 2.36. The number of rotatable bonds is 7. The van der Waals surface area contributed by atoms with Gasteiger partial charge in [-0.15, -0.1) is 0 Å². The van der Waals surface area contributed by atoms with Gasteiger partial charge in [-0.3, -0.25) is 4.79 Å². The van der Waals surface area contributed by atoms with Crippen molar-refractivity contribution < 1.29 is 9.53 Å². The van der Waals surface area contributed by atoms with Crippen LogP contribution in [0.15, 0.2) is 0 Å². The lowest BCUT2D eigenvalue weighted by atomic mass is 9.64. The van der Waals surface area contributed by atoms with Crippen LogP contribution in [0.4, 0.5) is 0 Å². The number of hydrogen-bond acceptors (Lipinski definition) is 3. The second-order valence-corrected chi connectivity index (χ2v) is 5.81. The van der Waals surface area contributed by atoms with E-state index in [-0.39, 0.29) is 17.4 Å². The van der Waals surface area contributed by atoms with Gasteiger partial charge in [0.05, 0.1) is 12.6 Å². The van der Waals surface area contributed by atoms with E-state index in [0.717, 1.165) is 19.4 Å². The molecule has 18 heavy (non-hydrogen) atoms. The molecule has 3 unspecified atom stereocenters. The van der Waals surface area contributed by atoms with Crippen LogP contribution in [0.1, 0.15) is 47.5 Å². The molecule has 2 N–H and O–H groups in total. The van der Waals surface area contributed by atoms with E-state index < -0.39 is 0 Å². The first kappa shape index (κ1) is 15.4. The van der Waals surface area contributed by atoms with Gasteiger partial charge in [0.15, 0.2) is 0 Å². The molecule has 0 spiro atoms. The largest absolute Gasteiger partial charge is 0.378 e. The van der Waals surface area contributed by atoms with Crippen LogP contribution in [0.5, 0.6) is 0 Å². The van der Waals surface area contributed by atoms with E-state index in [2.05, 4.69) is 31.4 Å². The van der Waals surface area contributed by atoms with Gasteiger partial charge in [-0.1, -0.05) is 20.8 Å². The zero-order chi connectivity index (χ0) is 13.8. The first-order valence-electron chi connectivity index (χ1n) is 7.06. The van der Waals surface area contributed by atoms with E-state index in [4.69, 9.17) is 4.74 Å². The standard InChI is InChI=1S/C14H28N2O2/c1-6-10(3)16-13(17)9-15-11-8-12(18-7-2)14(11,4)5/h10-12,15H,6-9H2,1-5H3,(H,16,17). The molecular weight excluding hydrogens is 228 g/mol. The average Bonchev–Trinajstić information content (AvgIpc) is 2.32. The molecule has 3 atom stereocenters. The van der Waals surface area contributed by atoms with Crippen molar-refractivity contribution >= 4 is 5.91 Å². The van der Waals surface area contributed by atoms with Gasteiger partial charge < -0.3 is 15.4 Å². The highest BCUT2D eigenvalue weighted by molar-refractivity contribution is 5.78. The Labute approximate surface area is 111 Å². The molecule has 1 saturated carbocycles. The summed E-state index contributed by atoms with van der Waals surface area (Å²) in [5.41, 5.74) is 0.118. The van der Waals surface area contributed by atoms with Crippen molar-refractivity contribution in [1.82, 2.24) is 10.6 Å². The zero-order valence-electron chi connectivity index (χ0n) is 12.4. The molecule has 0 bridgehead atoms. The van der Waals surface area contributed by atoms with E-state index in [9.17, 15) is 4.79 Å². The lowest BCUT2D eigenvalue weighted by Gasteiger charge is -2.51. The molecule has 0 radical (unpaired) electrons. The normalized spacial score (nSPS) is 27.4. The summed E-state index contributed by atoms with van der Waals surface area (Å²) in [7, 11) is 0. The summed E-state index contributed by atoms with van der Waals surface area (Å²) in [6.07, 6.45) is 2.28. The summed E-state index contributed by atoms with van der Waals surface area (Å²) in [5, 5.41) is 6.30. The van der Waals surface area contributed by atoms with Crippen molar-refractivity contribution in [2.45, 2.75) is 65.6 Å². The molecule has 1 aliphatic carbocycles. The van der Waals surface area contributed by atoms with Gasteiger partial charge in [0.25, 0.3) is 0 Å². The molecule has 0 aromatic heterocycles. The maximum atomic E-state index is 11.7. The van der Waals surface area contributed by atoms with Gasteiger partial charge in [0, 0.05) is 24.1 Å². The number of hydrogen-bond donors (Lipinski definition) is 2. The highest BCUT2D eigenvalue weighted by Gasteiger charge is 2.48. The molecule has 0 aliphatic heterocycles. The quantitative estimate of drug-likeness (QED) is 0.729. The zero-order valence-corrected chi connectivity index (χ0v) is 12.4. The Balaban J connectivity index is 2.27. The fourth-order valence-corrected chi connectivity index (χ4v) is 2.36. The Morgan fingerprint density at radius 2 is 2.11 bits per heavy atom. The van der Waals surface area contributed by atoms with Crippen molar-refractivity contribution in [2.75, 3.05) is 13.2 Å². The molecule has 0 aromatic carbocycles. The van der Waals surface area contributed by atoms with Gasteiger partial charge in [0.2, 0.25) is 5.91 Å². The third kappa shape index (κ3) is 3.69.